The van der Waals surface area contributed by atoms with Gasteiger partial charge in [-0.25, -0.2) is 0 Å². The topological polar surface area (TPSA) is 99.0 Å². The van der Waals surface area contributed by atoms with Gasteiger partial charge >= 0.3 is 0 Å². The van der Waals surface area contributed by atoms with Crippen molar-refractivity contribution in [1.29, 1.82) is 0 Å². The lowest BCUT2D eigenvalue weighted by Crippen LogP contribution is -2.57. The van der Waals surface area contributed by atoms with Gasteiger partial charge in [0.15, 0.2) is 0 Å². The van der Waals surface area contributed by atoms with E-state index in [1.807, 2.05) is 0 Å². The number of ether oxygens (including phenoxy) is 1. The Balaban J connectivity index is 2.31. The second-order valence-electron chi connectivity index (χ2n) is 4.48. The Hall–Kier alpha value is -0.690. The lowest BCUT2D eigenvalue weighted by atomic mass is 10.0. The molecule has 1 atom stereocenters. The van der Waals surface area contributed by atoms with E-state index in [2.05, 4.69) is 5.32 Å². The van der Waals surface area contributed by atoms with E-state index in [1.54, 1.807) is 0 Å². The molecule has 1 aliphatic heterocycles. The van der Waals surface area contributed by atoms with Gasteiger partial charge in [0.05, 0.1) is 25.9 Å². The normalized spacial score (nSPS) is 20.5. The van der Waals surface area contributed by atoms with Crippen LogP contribution in [0, 0.1) is 0 Å². The quantitative estimate of drug-likeness (QED) is 0.452. The van der Waals surface area contributed by atoms with E-state index in [9.17, 15) is 4.79 Å². The van der Waals surface area contributed by atoms with Crippen molar-refractivity contribution in [2.75, 3.05) is 26.4 Å². The molecule has 1 unspecified atom stereocenters. The van der Waals surface area contributed by atoms with Gasteiger partial charge in [0.2, 0.25) is 5.91 Å². The fraction of sp³-hybridized carbons (Fsp3) is 0.909. The van der Waals surface area contributed by atoms with Crippen molar-refractivity contribution in [3.63, 3.8) is 0 Å². The van der Waals surface area contributed by atoms with Crippen LogP contribution in [0.5, 0.6) is 0 Å². The molecule has 0 aromatic heterocycles. The third-order valence-electron chi connectivity index (χ3n) is 3.03. The molecule has 100 valence electrons. The average molecular weight is 247 g/mol. The molecule has 6 nitrogen and oxygen atoms in total. The SMILES string of the molecule is O=C(CCC1CCCO1)NC(CO)(CO)CO. The predicted octanol–water partition coefficient (Wildman–Crippen LogP) is -1.22. The third kappa shape index (κ3) is 4.23. The van der Waals surface area contributed by atoms with E-state index in [0.717, 1.165) is 19.4 Å². The highest BCUT2D eigenvalue weighted by Gasteiger charge is 2.30. The van der Waals surface area contributed by atoms with Crippen molar-refractivity contribution >= 4 is 5.91 Å². The smallest absolute Gasteiger partial charge is 0.220 e. The van der Waals surface area contributed by atoms with Gasteiger partial charge in [-0.2, -0.15) is 0 Å². The maximum absolute atomic E-state index is 11.6. The minimum absolute atomic E-state index is 0.132. The summed E-state index contributed by atoms with van der Waals surface area (Å²) in [5.74, 6) is -0.294. The molecule has 0 radical (unpaired) electrons. The molecule has 1 saturated heterocycles. The van der Waals surface area contributed by atoms with E-state index >= 15 is 0 Å². The number of hydrogen-bond acceptors (Lipinski definition) is 5. The van der Waals surface area contributed by atoms with Crippen LogP contribution in [-0.2, 0) is 9.53 Å². The summed E-state index contributed by atoms with van der Waals surface area (Å²) in [5.41, 5.74) is -1.33. The van der Waals surface area contributed by atoms with Gasteiger partial charge in [-0.3, -0.25) is 4.79 Å². The van der Waals surface area contributed by atoms with Crippen molar-refractivity contribution < 1.29 is 24.9 Å². The van der Waals surface area contributed by atoms with Crippen LogP contribution < -0.4 is 5.32 Å². The Bertz CT molecular complexity index is 228. The number of nitrogens with one attached hydrogen (secondary N) is 1. The average Bonchev–Trinajstić information content (AvgIpc) is 2.87. The molecule has 0 spiro atoms. The Morgan fingerprint density at radius 1 is 1.29 bits per heavy atom. The Morgan fingerprint density at radius 3 is 2.41 bits per heavy atom. The van der Waals surface area contributed by atoms with Crippen molar-refractivity contribution in [3.8, 4) is 0 Å². The summed E-state index contributed by atoms with van der Waals surface area (Å²) >= 11 is 0. The number of aliphatic hydroxyl groups excluding tert-OH is 3. The first kappa shape index (κ1) is 14.4. The fourth-order valence-corrected chi connectivity index (χ4v) is 1.79. The Morgan fingerprint density at radius 2 is 1.94 bits per heavy atom. The van der Waals surface area contributed by atoms with Crippen molar-refractivity contribution in [3.05, 3.63) is 0 Å². The summed E-state index contributed by atoms with van der Waals surface area (Å²) in [6.45, 7) is -0.733. The zero-order chi connectivity index (χ0) is 12.7. The maximum Gasteiger partial charge on any atom is 0.220 e. The van der Waals surface area contributed by atoms with Gasteiger partial charge in [-0.15, -0.1) is 0 Å². The van der Waals surface area contributed by atoms with E-state index in [-0.39, 0.29) is 18.4 Å². The molecule has 6 heteroatoms. The highest BCUT2D eigenvalue weighted by Crippen LogP contribution is 2.16. The lowest BCUT2D eigenvalue weighted by molar-refractivity contribution is -0.126. The first-order valence-corrected chi connectivity index (χ1v) is 5.91. The van der Waals surface area contributed by atoms with Gasteiger partial charge in [0, 0.05) is 13.0 Å². The predicted molar refractivity (Wildman–Crippen MR) is 60.3 cm³/mol. The molecule has 0 bridgehead atoms. The molecule has 1 aliphatic rings. The zero-order valence-corrected chi connectivity index (χ0v) is 9.89. The van der Waals surface area contributed by atoms with E-state index in [0.29, 0.717) is 6.42 Å². The van der Waals surface area contributed by atoms with Crippen LogP contribution in [0.3, 0.4) is 0 Å². The molecule has 0 aromatic rings. The zero-order valence-electron chi connectivity index (χ0n) is 9.89. The van der Waals surface area contributed by atoms with Gasteiger partial charge in [0.1, 0.15) is 5.54 Å². The van der Waals surface area contributed by atoms with E-state index < -0.39 is 25.4 Å². The number of aliphatic hydroxyl groups is 3. The summed E-state index contributed by atoms with van der Waals surface area (Å²) in [6, 6.07) is 0. The summed E-state index contributed by atoms with van der Waals surface area (Å²) in [6.07, 6.45) is 3.03. The summed E-state index contributed by atoms with van der Waals surface area (Å²) in [5, 5.41) is 29.6. The van der Waals surface area contributed by atoms with Crippen molar-refractivity contribution in [2.45, 2.75) is 37.3 Å². The number of amides is 1. The van der Waals surface area contributed by atoms with Crippen LogP contribution in [0.15, 0.2) is 0 Å². The molecule has 0 aromatic carbocycles. The molecule has 4 N–H and O–H groups in total. The fourth-order valence-electron chi connectivity index (χ4n) is 1.79. The van der Waals surface area contributed by atoms with Crippen LogP contribution in [0.2, 0.25) is 0 Å². The third-order valence-corrected chi connectivity index (χ3v) is 3.03. The van der Waals surface area contributed by atoms with Crippen LogP contribution in [0.25, 0.3) is 0 Å². The number of carbonyl (C=O) groups excluding carboxylic acids is 1. The standard InChI is InChI=1S/C11H21NO5/c13-6-11(7-14,8-15)12-10(16)4-3-9-2-1-5-17-9/h9,13-15H,1-8H2,(H,12,16). The molecule has 1 rings (SSSR count). The second-order valence-corrected chi connectivity index (χ2v) is 4.48. The maximum atomic E-state index is 11.6. The summed E-state index contributed by atoms with van der Waals surface area (Å²) < 4.78 is 5.38. The number of rotatable bonds is 7. The van der Waals surface area contributed by atoms with Crippen LogP contribution >= 0.6 is 0 Å². The van der Waals surface area contributed by atoms with Gasteiger partial charge < -0.3 is 25.4 Å². The van der Waals surface area contributed by atoms with E-state index in [4.69, 9.17) is 20.1 Å². The molecule has 1 heterocycles. The minimum atomic E-state index is -1.33. The molecular weight excluding hydrogens is 226 g/mol. The molecule has 0 aliphatic carbocycles. The molecule has 0 saturated carbocycles. The van der Waals surface area contributed by atoms with E-state index in [1.165, 1.54) is 0 Å². The summed E-state index contributed by atoms with van der Waals surface area (Å²) in [4.78, 5) is 11.6. The number of hydrogen-bond donors (Lipinski definition) is 4. The van der Waals surface area contributed by atoms with Crippen molar-refractivity contribution in [1.82, 2.24) is 5.32 Å². The van der Waals surface area contributed by atoms with Crippen LogP contribution in [0.4, 0.5) is 0 Å². The molecule has 1 amide bonds. The number of carbonyl (C=O) groups is 1. The molecule has 1 fully saturated rings. The molecule has 17 heavy (non-hydrogen) atoms. The van der Waals surface area contributed by atoms with Gasteiger partial charge in [-0.1, -0.05) is 0 Å². The van der Waals surface area contributed by atoms with Crippen molar-refractivity contribution in [2.24, 2.45) is 0 Å². The second kappa shape index (κ2) is 6.90. The minimum Gasteiger partial charge on any atom is -0.394 e. The molecular formula is C11H21NO5. The van der Waals surface area contributed by atoms with Gasteiger partial charge in [-0.05, 0) is 19.3 Å². The largest absolute Gasteiger partial charge is 0.394 e. The highest BCUT2D eigenvalue weighted by atomic mass is 16.5. The van der Waals surface area contributed by atoms with Crippen LogP contribution in [0.1, 0.15) is 25.7 Å². The Labute approximate surface area is 101 Å². The first-order chi connectivity index (χ1) is 8.15. The Kier molecular flexibility index (Phi) is 5.84. The first-order valence-electron chi connectivity index (χ1n) is 5.91. The monoisotopic (exact) mass is 247 g/mol. The van der Waals surface area contributed by atoms with Crippen LogP contribution in [-0.4, -0.2) is 59.3 Å². The summed E-state index contributed by atoms with van der Waals surface area (Å²) in [7, 11) is 0. The van der Waals surface area contributed by atoms with Gasteiger partial charge in [0.25, 0.3) is 0 Å². The lowest BCUT2D eigenvalue weighted by Gasteiger charge is -2.28. The highest BCUT2D eigenvalue weighted by molar-refractivity contribution is 5.76.